The van der Waals surface area contributed by atoms with Crippen LogP contribution in [-0.2, 0) is 12.0 Å². The zero-order valence-electron chi connectivity index (χ0n) is 12.1. The number of rotatable bonds is 3. The third-order valence-electron chi connectivity index (χ3n) is 4.20. The van der Waals surface area contributed by atoms with E-state index in [1.54, 1.807) is 6.26 Å². The average Bonchev–Trinajstić information content (AvgIpc) is 3.07. The lowest BCUT2D eigenvalue weighted by atomic mass is 9.76. The highest BCUT2D eigenvalue weighted by Crippen LogP contribution is 2.37. The van der Waals surface area contributed by atoms with Crippen LogP contribution in [0.3, 0.4) is 0 Å². The zero-order chi connectivity index (χ0) is 14.2. The summed E-state index contributed by atoms with van der Waals surface area (Å²) in [6.45, 7) is 4.26. The Morgan fingerprint density at radius 2 is 2.35 bits per heavy atom. The molecule has 1 aliphatic rings. The lowest BCUT2D eigenvalue weighted by Gasteiger charge is -2.33. The first kappa shape index (κ1) is 13.4. The van der Waals surface area contributed by atoms with Gasteiger partial charge in [-0.3, -0.25) is 0 Å². The highest BCUT2D eigenvalue weighted by molar-refractivity contribution is 5.55. The van der Waals surface area contributed by atoms with Crippen LogP contribution in [0.4, 0.5) is 0 Å². The Kier molecular flexibility index (Phi) is 3.38. The van der Waals surface area contributed by atoms with Gasteiger partial charge in [-0.1, -0.05) is 31.8 Å². The largest absolute Gasteiger partial charge is 0.469 e. The van der Waals surface area contributed by atoms with Crippen LogP contribution in [-0.4, -0.2) is 10.1 Å². The van der Waals surface area contributed by atoms with Crippen LogP contribution in [0.2, 0.25) is 0 Å². The highest BCUT2D eigenvalue weighted by Gasteiger charge is 2.37. The lowest BCUT2D eigenvalue weighted by Crippen LogP contribution is -2.42. The van der Waals surface area contributed by atoms with Crippen LogP contribution < -0.4 is 5.73 Å². The second-order valence-electron chi connectivity index (χ2n) is 5.89. The Bertz CT molecular complexity index is 589. The Balaban J connectivity index is 1.90. The molecule has 3 rings (SSSR count). The molecule has 5 nitrogen and oxygen atoms in total. The lowest BCUT2D eigenvalue weighted by molar-refractivity contribution is 0.222. The van der Waals surface area contributed by atoms with E-state index in [4.69, 9.17) is 14.7 Å². The summed E-state index contributed by atoms with van der Waals surface area (Å²) < 4.78 is 10.8. The van der Waals surface area contributed by atoms with Gasteiger partial charge in [0, 0.05) is 6.42 Å². The Hall–Kier alpha value is -1.62. The quantitative estimate of drug-likeness (QED) is 0.930. The van der Waals surface area contributed by atoms with Crippen molar-refractivity contribution in [1.82, 2.24) is 10.1 Å². The average molecular weight is 275 g/mol. The predicted octanol–water partition coefficient (Wildman–Crippen LogP) is 3.26. The van der Waals surface area contributed by atoms with Crippen LogP contribution in [0.15, 0.2) is 21.3 Å². The van der Waals surface area contributed by atoms with Crippen LogP contribution in [0.5, 0.6) is 0 Å². The van der Waals surface area contributed by atoms with Crippen molar-refractivity contribution in [2.75, 3.05) is 0 Å². The fourth-order valence-electron chi connectivity index (χ4n) is 3.14. The maximum atomic E-state index is 6.50. The molecule has 1 saturated carbocycles. The molecule has 2 aromatic rings. The third kappa shape index (κ3) is 2.26. The molecule has 1 fully saturated rings. The SMILES string of the molecule is CCc1occc1-c1nc(C2(N)CCCC(C)C2)no1. The van der Waals surface area contributed by atoms with Gasteiger partial charge in [-0.15, -0.1) is 0 Å². The van der Waals surface area contributed by atoms with Gasteiger partial charge < -0.3 is 14.7 Å². The van der Waals surface area contributed by atoms with E-state index in [1.807, 2.05) is 13.0 Å². The Labute approximate surface area is 118 Å². The van der Waals surface area contributed by atoms with Crippen LogP contribution >= 0.6 is 0 Å². The van der Waals surface area contributed by atoms with Crippen LogP contribution in [0, 0.1) is 5.92 Å². The van der Waals surface area contributed by atoms with E-state index in [2.05, 4.69) is 17.1 Å². The van der Waals surface area contributed by atoms with E-state index in [0.717, 1.165) is 37.0 Å². The molecule has 108 valence electrons. The minimum atomic E-state index is -0.449. The molecule has 2 heterocycles. The van der Waals surface area contributed by atoms with Gasteiger partial charge in [0.05, 0.1) is 17.4 Å². The summed E-state index contributed by atoms with van der Waals surface area (Å²) in [6, 6.07) is 1.86. The minimum absolute atomic E-state index is 0.449. The van der Waals surface area contributed by atoms with Gasteiger partial charge in [0.1, 0.15) is 5.76 Å². The molecule has 0 aliphatic heterocycles. The molecule has 2 N–H and O–H groups in total. The monoisotopic (exact) mass is 275 g/mol. The summed E-state index contributed by atoms with van der Waals surface area (Å²) in [7, 11) is 0. The van der Waals surface area contributed by atoms with Crippen molar-refractivity contribution in [1.29, 1.82) is 0 Å². The van der Waals surface area contributed by atoms with Crippen molar-refractivity contribution in [3.8, 4) is 11.5 Å². The van der Waals surface area contributed by atoms with E-state index in [0.29, 0.717) is 17.6 Å². The maximum Gasteiger partial charge on any atom is 0.261 e. The van der Waals surface area contributed by atoms with Crippen molar-refractivity contribution in [2.45, 2.75) is 51.5 Å². The fraction of sp³-hybridized carbons (Fsp3) is 0.600. The first-order valence-corrected chi connectivity index (χ1v) is 7.32. The smallest absolute Gasteiger partial charge is 0.261 e. The summed E-state index contributed by atoms with van der Waals surface area (Å²) in [5.41, 5.74) is 6.92. The number of furan rings is 1. The molecular formula is C15H21N3O2. The summed E-state index contributed by atoms with van der Waals surface area (Å²) in [5.74, 6) is 2.61. The van der Waals surface area contributed by atoms with Crippen LogP contribution in [0.1, 0.15) is 51.1 Å². The zero-order valence-corrected chi connectivity index (χ0v) is 12.1. The molecule has 1 aliphatic carbocycles. The maximum absolute atomic E-state index is 6.50. The fourth-order valence-corrected chi connectivity index (χ4v) is 3.14. The molecule has 0 radical (unpaired) electrons. The Morgan fingerprint density at radius 1 is 1.50 bits per heavy atom. The van der Waals surface area contributed by atoms with E-state index < -0.39 is 5.54 Å². The van der Waals surface area contributed by atoms with Gasteiger partial charge in [0.15, 0.2) is 5.82 Å². The number of hydrogen-bond acceptors (Lipinski definition) is 5. The summed E-state index contributed by atoms with van der Waals surface area (Å²) >= 11 is 0. The Morgan fingerprint density at radius 3 is 3.10 bits per heavy atom. The molecule has 0 amide bonds. The standard InChI is InChI=1S/C15H21N3O2/c1-3-12-11(6-8-19-12)13-17-14(18-20-13)15(16)7-4-5-10(2)9-15/h6,8,10H,3-5,7,9,16H2,1-2H3. The van der Waals surface area contributed by atoms with Gasteiger partial charge in [-0.05, 0) is 24.8 Å². The normalized spacial score (nSPS) is 26.9. The van der Waals surface area contributed by atoms with Gasteiger partial charge in [0.2, 0.25) is 0 Å². The minimum Gasteiger partial charge on any atom is -0.469 e. The summed E-state index contributed by atoms with van der Waals surface area (Å²) in [5, 5.41) is 4.12. The first-order valence-electron chi connectivity index (χ1n) is 7.32. The van der Waals surface area contributed by atoms with E-state index in [1.165, 1.54) is 6.42 Å². The van der Waals surface area contributed by atoms with Crippen molar-refractivity contribution >= 4 is 0 Å². The number of nitrogens with two attached hydrogens (primary N) is 1. The van der Waals surface area contributed by atoms with E-state index in [-0.39, 0.29) is 0 Å². The van der Waals surface area contributed by atoms with Gasteiger partial charge in [0.25, 0.3) is 5.89 Å². The number of nitrogens with zero attached hydrogens (tertiary/aromatic N) is 2. The predicted molar refractivity (Wildman–Crippen MR) is 74.9 cm³/mol. The molecule has 5 heteroatoms. The van der Waals surface area contributed by atoms with Crippen molar-refractivity contribution in [2.24, 2.45) is 11.7 Å². The van der Waals surface area contributed by atoms with Crippen molar-refractivity contribution < 1.29 is 8.94 Å². The third-order valence-corrected chi connectivity index (χ3v) is 4.20. The molecule has 2 aromatic heterocycles. The summed E-state index contributed by atoms with van der Waals surface area (Å²) in [4.78, 5) is 4.53. The van der Waals surface area contributed by atoms with Gasteiger partial charge in [-0.2, -0.15) is 4.98 Å². The molecule has 20 heavy (non-hydrogen) atoms. The molecule has 2 atom stereocenters. The van der Waals surface area contributed by atoms with Gasteiger partial charge in [-0.25, -0.2) is 0 Å². The van der Waals surface area contributed by atoms with E-state index >= 15 is 0 Å². The number of hydrogen-bond donors (Lipinski definition) is 1. The van der Waals surface area contributed by atoms with Crippen LogP contribution in [0.25, 0.3) is 11.5 Å². The molecule has 0 aromatic carbocycles. The molecule has 2 unspecified atom stereocenters. The second kappa shape index (κ2) is 5.05. The first-order chi connectivity index (χ1) is 9.62. The topological polar surface area (TPSA) is 78.1 Å². The number of aromatic nitrogens is 2. The number of aryl methyl sites for hydroxylation is 1. The molecular weight excluding hydrogens is 254 g/mol. The van der Waals surface area contributed by atoms with E-state index in [9.17, 15) is 0 Å². The molecule has 0 spiro atoms. The molecule has 0 saturated heterocycles. The van der Waals surface area contributed by atoms with Crippen molar-refractivity contribution in [3.05, 3.63) is 23.9 Å². The second-order valence-corrected chi connectivity index (χ2v) is 5.89. The summed E-state index contributed by atoms with van der Waals surface area (Å²) in [6.07, 6.45) is 6.63. The van der Waals surface area contributed by atoms with Crippen molar-refractivity contribution in [3.63, 3.8) is 0 Å². The van der Waals surface area contributed by atoms with Gasteiger partial charge >= 0.3 is 0 Å². The molecule has 0 bridgehead atoms. The highest BCUT2D eigenvalue weighted by atomic mass is 16.5.